The Morgan fingerprint density at radius 1 is 1.45 bits per heavy atom. The summed E-state index contributed by atoms with van der Waals surface area (Å²) in [5.41, 5.74) is 1.21. The Kier molecular flexibility index (Phi) is 4.03. The Bertz CT molecular complexity index is 484. The fourth-order valence-corrected chi connectivity index (χ4v) is 2.68. The molecule has 1 saturated carbocycles. The van der Waals surface area contributed by atoms with Crippen LogP contribution in [-0.2, 0) is 16.1 Å². The fourth-order valence-electron chi connectivity index (χ4n) is 2.68. The normalized spacial score (nSPS) is 23.6. The molecule has 0 aromatic heterocycles. The molecule has 1 aromatic rings. The highest BCUT2D eigenvalue weighted by molar-refractivity contribution is 5.87. The minimum absolute atomic E-state index is 0.221. The third kappa shape index (κ3) is 3.19. The number of carbonyl (C=O) groups is 1. The zero-order valence-corrected chi connectivity index (χ0v) is 11.9. The highest BCUT2D eigenvalue weighted by Gasteiger charge is 2.37. The van der Waals surface area contributed by atoms with Crippen molar-refractivity contribution in [1.82, 2.24) is 4.90 Å². The Hall–Kier alpha value is -1.39. The summed E-state index contributed by atoms with van der Waals surface area (Å²) in [6.07, 6.45) is 1.88. The summed E-state index contributed by atoms with van der Waals surface area (Å²) >= 11 is 0. The second-order valence-electron chi connectivity index (χ2n) is 5.62. The summed E-state index contributed by atoms with van der Waals surface area (Å²) in [5, 5.41) is 0. The van der Waals surface area contributed by atoms with Crippen LogP contribution in [0.3, 0.4) is 0 Å². The summed E-state index contributed by atoms with van der Waals surface area (Å²) in [4.78, 5) is 14.4. The molecule has 4 nitrogen and oxygen atoms in total. The van der Waals surface area contributed by atoms with Crippen LogP contribution >= 0.6 is 0 Å². The maximum absolute atomic E-state index is 12.1. The van der Waals surface area contributed by atoms with Crippen molar-refractivity contribution >= 4 is 5.78 Å². The molecule has 20 heavy (non-hydrogen) atoms. The molecule has 0 radical (unpaired) electrons. The summed E-state index contributed by atoms with van der Waals surface area (Å²) in [6, 6.07) is 8.09. The molecule has 0 N–H and O–H groups in total. The number of morpholine rings is 1. The number of benzene rings is 1. The van der Waals surface area contributed by atoms with Gasteiger partial charge in [0.2, 0.25) is 0 Å². The predicted molar refractivity (Wildman–Crippen MR) is 75.7 cm³/mol. The van der Waals surface area contributed by atoms with Gasteiger partial charge in [-0.15, -0.1) is 0 Å². The van der Waals surface area contributed by atoms with Crippen molar-refractivity contribution in [2.24, 2.45) is 5.92 Å². The van der Waals surface area contributed by atoms with Gasteiger partial charge in [0.15, 0.2) is 5.78 Å². The summed E-state index contributed by atoms with van der Waals surface area (Å²) in [5.74, 6) is 1.46. The third-order valence-electron chi connectivity index (χ3n) is 3.99. The molecule has 1 atom stereocenters. The van der Waals surface area contributed by atoms with Crippen LogP contribution in [0.1, 0.15) is 18.4 Å². The van der Waals surface area contributed by atoms with Gasteiger partial charge in [-0.25, -0.2) is 0 Å². The highest BCUT2D eigenvalue weighted by Crippen LogP contribution is 2.32. The quantitative estimate of drug-likeness (QED) is 0.822. The van der Waals surface area contributed by atoms with Crippen LogP contribution in [0.2, 0.25) is 0 Å². The van der Waals surface area contributed by atoms with E-state index in [2.05, 4.69) is 11.0 Å². The molecular weight excluding hydrogens is 254 g/mol. The largest absolute Gasteiger partial charge is 0.497 e. The van der Waals surface area contributed by atoms with E-state index < -0.39 is 0 Å². The van der Waals surface area contributed by atoms with Crippen molar-refractivity contribution in [3.8, 4) is 5.75 Å². The summed E-state index contributed by atoms with van der Waals surface area (Å²) in [7, 11) is 1.68. The molecule has 1 unspecified atom stereocenters. The molecule has 1 aromatic carbocycles. The van der Waals surface area contributed by atoms with E-state index in [1.54, 1.807) is 7.11 Å². The van der Waals surface area contributed by atoms with Crippen LogP contribution in [0.15, 0.2) is 24.3 Å². The number of ketones is 1. The van der Waals surface area contributed by atoms with Gasteiger partial charge in [-0.2, -0.15) is 0 Å². The standard InChI is InChI=1S/C16H21NO3/c1-19-14-4-2-3-12(9-14)10-17-7-8-20-15(11-17)16(18)13-5-6-13/h2-4,9,13,15H,5-8,10-11H2,1H3. The molecule has 4 heteroatoms. The van der Waals surface area contributed by atoms with E-state index in [1.165, 1.54) is 5.56 Å². The number of hydrogen-bond donors (Lipinski definition) is 0. The summed E-state index contributed by atoms with van der Waals surface area (Å²) in [6.45, 7) is 3.08. The Morgan fingerprint density at radius 2 is 2.30 bits per heavy atom. The molecule has 2 aliphatic rings. The van der Waals surface area contributed by atoms with E-state index in [4.69, 9.17) is 9.47 Å². The van der Waals surface area contributed by atoms with E-state index >= 15 is 0 Å². The molecule has 1 aliphatic heterocycles. The molecule has 0 bridgehead atoms. The van der Waals surface area contributed by atoms with Gasteiger partial charge >= 0.3 is 0 Å². The molecule has 0 amide bonds. The van der Waals surface area contributed by atoms with E-state index in [0.29, 0.717) is 18.9 Å². The van der Waals surface area contributed by atoms with E-state index in [1.807, 2.05) is 18.2 Å². The van der Waals surface area contributed by atoms with Crippen LogP contribution in [0.4, 0.5) is 0 Å². The van der Waals surface area contributed by atoms with E-state index in [-0.39, 0.29) is 12.0 Å². The van der Waals surface area contributed by atoms with E-state index in [0.717, 1.165) is 31.7 Å². The lowest BCUT2D eigenvalue weighted by Gasteiger charge is -2.32. The number of rotatable bonds is 5. The first-order chi connectivity index (χ1) is 9.76. The van der Waals surface area contributed by atoms with Crippen molar-refractivity contribution in [3.63, 3.8) is 0 Å². The molecule has 3 rings (SSSR count). The second kappa shape index (κ2) is 5.94. The number of carbonyl (C=O) groups excluding carboxylic acids is 1. The minimum atomic E-state index is -0.221. The zero-order valence-electron chi connectivity index (χ0n) is 11.9. The lowest BCUT2D eigenvalue weighted by atomic mass is 10.1. The van der Waals surface area contributed by atoms with Gasteiger partial charge in [-0.05, 0) is 30.5 Å². The van der Waals surface area contributed by atoms with Crippen molar-refractivity contribution in [2.45, 2.75) is 25.5 Å². The second-order valence-corrected chi connectivity index (χ2v) is 5.62. The number of nitrogens with zero attached hydrogens (tertiary/aromatic N) is 1. The first kappa shape index (κ1) is 13.6. The molecule has 1 heterocycles. The van der Waals surface area contributed by atoms with Gasteiger partial charge in [0.25, 0.3) is 0 Å². The monoisotopic (exact) mass is 275 g/mol. The van der Waals surface area contributed by atoms with Crippen molar-refractivity contribution < 1.29 is 14.3 Å². The number of ether oxygens (including phenoxy) is 2. The number of hydrogen-bond acceptors (Lipinski definition) is 4. The average Bonchev–Trinajstić information content (AvgIpc) is 3.32. The topological polar surface area (TPSA) is 38.8 Å². The molecule has 2 fully saturated rings. The Labute approximate surface area is 119 Å². The SMILES string of the molecule is COc1cccc(CN2CCOC(C(=O)C3CC3)C2)c1. The van der Waals surface area contributed by atoms with Crippen molar-refractivity contribution in [3.05, 3.63) is 29.8 Å². The zero-order chi connectivity index (χ0) is 13.9. The minimum Gasteiger partial charge on any atom is -0.497 e. The fraction of sp³-hybridized carbons (Fsp3) is 0.562. The molecule has 0 spiro atoms. The maximum atomic E-state index is 12.1. The lowest BCUT2D eigenvalue weighted by Crippen LogP contribution is -2.46. The van der Waals surface area contributed by atoms with Gasteiger partial charge in [0.1, 0.15) is 11.9 Å². The first-order valence-electron chi connectivity index (χ1n) is 7.27. The first-order valence-corrected chi connectivity index (χ1v) is 7.27. The van der Waals surface area contributed by atoms with Gasteiger partial charge in [0, 0.05) is 25.6 Å². The highest BCUT2D eigenvalue weighted by atomic mass is 16.5. The molecular formula is C16H21NO3. The van der Waals surface area contributed by atoms with Crippen LogP contribution in [0.5, 0.6) is 5.75 Å². The van der Waals surface area contributed by atoms with E-state index in [9.17, 15) is 4.79 Å². The van der Waals surface area contributed by atoms with Crippen LogP contribution < -0.4 is 4.74 Å². The van der Waals surface area contributed by atoms with Gasteiger partial charge in [0.05, 0.1) is 13.7 Å². The Balaban J connectivity index is 1.60. The van der Waals surface area contributed by atoms with Gasteiger partial charge in [-0.1, -0.05) is 12.1 Å². The Morgan fingerprint density at radius 3 is 3.05 bits per heavy atom. The maximum Gasteiger partial charge on any atom is 0.165 e. The van der Waals surface area contributed by atoms with Crippen LogP contribution in [-0.4, -0.2) is 43.6 Å². The molecule has 1 aliphatic carbocycles. The average molecular weight is 275 g/mol. The van der Waals surface area contributed by atoms with Crippen LogP contribution in [0, 0.1) is 5.92 Å². The van der Waals surface area contributed by atoms with Crippen molar-refractivity contribution in [2.75, 3.05) is 26.8 Å². The lowest BCUT2D eigenvalue weighted by molar-refractivity contribution is -0.137. The summed E-state index contributed by atoms with van der Waals surface area (Å²) < 4.78 is 10.9. The van der Waals surface area contributed by atoms with Crippen LogP contribution in [0.25, 0.3) is 0 Å². The number of methoxy groups -OCH3 is 1. The third-order valence-corrected chi connectivity index (χ3v) is 3.99. The molecule has 108 valence electrons. The number of Topliss-reactive ketones (excluding diaryl/α,β-unsaturated/α-hetero) is 1. The molecule has 1 saturated heterocycles. The predicted octanol–water partition coefficient (Wildman–Crippen LogP) is 1.88. The smallest absolute Gasteiger partial charge is 0.165 e. The van der Waals surface area contributed by atoms with Gasteiger partial charge in [-0.3, -0.25) is 9.69 Å². The van der Waals surface area contributed by atoms with Gasteiger partial charge < -0.3 is 9.47 Å². The van der Waals surface area contributed by atoms with Crippen molar-refractivity contribution in [1.29, 1.82) is 0 Å².